The zero-order valence-corrected chi connectivity index (χ0v) is 11.6. The Morgan fingerprint density at radius 3 is 2.89 bits per heavy atom. The van der Waals surface area contributed by atoms with Crippen molar-refractivity contribution in [1.29, 1.82) is 0 Å². The Bertz CT molecular complexity index is 382. The standard InChI is InChI=1S/C11H16N2O3S2/c1-17-6-4-9(10(14)15)13-11(16)12-7-8-3-2-5-18-8/h2-3,5,9H,4,6-7H2,1H3,(H,14,15)(H2,12,13,16)/p-1/t9-/m0/s1. The highest BCUT2D eigenvalue weighted by atomic mass is 32.2. The van der Waals surface area contributed by atoms with E-state index in [1.165, 1.54) is 23.1 Å². The van der Waals surface area contributed by atoms with E-state index in [9.17, 15) is 14.7 Å². The Kier molecular flexibility index (Phi) is 6.59. The molecule has 0 fully saturated rings. The van der Waals surface area contributed by atoms with Crippen molar-refractivity contribution in [1.82, 2.24) is 10.6 Å². The lowest BCUT2D eigenvalue weighted by Gasteiger charge is -2.19. The van der Waals surface area contributed by atoms with Crippen molar-refractivity contribution < 1.29 is 14.7 Å². The molecular weight excluding hydrogens is 272 g/mol. The first-order chi connectivity index (χ1) is 8.63. The lowest BCUT2D eigenvalue weighted by Crippen LogP contribution is -2.51. The summed E-state index contributed by atoms with van der Waals surface area (Å²) in [7, 11) is 0. The summed E-state index contributed by atoms with van der Waals surface area (Å²) in [6.45, 7) is 0.395. The summed E-state index contributed by atoms with van der Waals surface area (Å²) >= 11 is 3.05. The first-order valence-corrected chi connectivity index (χ1v) is 7.67. The van der Waals surface area contributed by atoms with E-state index in [0.29, 0.717) is 18.7 Å². The number of nitrogens with one attached hydrogen (secondary N) is 2. The van der Waals surface area contributed by atoms with Gasteiger partial charge in [0.15, 0.2) is 0 Å². The number of hydrogen-bond donors (Lipinski definition) is 2. The minimum atomic E-state index is -1.25. The molecule has 0 aliphatic carbocycles. The van der Waals surface area contributed by atoms with Crippen LogP contribution in [-0.4, -0.2) is 30.1 Å². The molecular formula is C11H15N2O3S2-. The molecule has 0 saturated carbocycles. The van der Waals surface area contributed by atoms with Crippen molar-refractivity contribution in [3.8, 4) is 0 Å². The molecule has 0 radical (unpaired) electrons. The number of carboxylic acids is 1. The Balaban J connectivity index is 2.34. The molecule has 5 nitrogen and oxygen atoms in total. The van der Waals surface area contributed by atoms with Crippen LogP contribution in [0.4, 0.5) is 4.79 Å². The van der Waals surface area contributed by atoms with E-state index in [-0.39, 0.29) is 0 Å². The Morgan fingerprint density at radius 1 is 1.56 bits per heavy atom. The summed E-state index contributed by atoms with van der Waals surface area (Å²) in [5, 5.41) is 17.7. The van der Waals surface area contributed by atoms with Gasteiger partial charge in [-0.1, -0.05) is 6.07 Å². The van der Waals surface area contributed by atoms with Gasteiger partial charge < -0.3 is 20.5 Å². The van der Waals surface area contributed by atoms with Crippen LogP contribution in [0.1, 0.15) is 11.3 Å². The number of carbonyl (C=O) groups excluding carboxylic acids is 2. The van der Waals surface area contributed by atoms with E-state index < -0.39 is 18.0 Å². The number of aliphatic carboxylic acids is 1. The second kappa shape index (κ2) is 7.99. The number of thioether (sulfide) groups is 1. The van der Waals surface area contributed by atoms with Crippen LogP contribution in [0.25, 0.3) is 0 Å². The molecule has 0 unspecified atom stereocenters. The summed E-state index contributed by atoms with van der Waals surface area (Å²) in [6, 6.07) is 2.36. The molecule has 2 N–H and O–H groups in total. The highest BCUT2D eigenvalue weighted by Crippen LogP contribution is 2.07. The predicted molar refractivity (Wildman–Crippen MR) is 71.5 cm³/mol. The lowest BCUT2D eigenvalue weighted by molar-refractivity contribution is -0.308. The third kappa shape index (κ3) is 5.42. The molecule has 1 aromatic heterocycles. The van der Waals surface area contributed by atoms with E-state index >= 15 is 0 Å². The molecule has 0 aromatic carbocycles. The number of carbonyl (C=O) groups is 2. The van der Waals surface area contributed by atoms with Crippen LogP contribution in [-0.2, 0) is 11.3 Å². The number of rotatable bonds is 7. The lowest BCUT2D eigenvalue weighted by atomic mass is 10.2. The van der Waals surface area contributed by atoms with E-state index in [2.05, 4.69) is 10.6 Å². The molecule has 18 heavy (non-hydrogen) atoms. The molecule has 0 aliphatic heterocycles. The van der Waals surface area contributed by atoms with Crippen LogP contribution in [0.2, 0.25) is 0 Å². The normalized spacial score (nSPS) is 11.8. The number of thiophene rings is 1. The molecule has 1 rings (SSSR count). The topological polar surface area (TPSA) is 81.3 Å². The number of hydrogen-bond acceptors (Lipinski definition) is 5. The number of amides is 2. The molecule has 1 heterocycles. The fraction of sp³-hybridized carbons (Fsp3) is 0.455. The highest BCUT2D eigenvalue weighted by molar-refractivity contribution is 7.98. The van der Waals surface area contributed by atoms with Gasteiger partial charge in [0.25, 0.3) is 0 Å². The minimum Gasteiger partial charge on any atom is -0.548 e. The quantitative estimate of drug-likeness (QED) is 0.761. The summed E-state index contributed by atoms with van der Waals surface area (Å²) < 4.78 is 0. The molecule has 100 valence electrons. The molecule has 1 atom stereocenters. The molecule has 0 bridgehead atoms. The summed E-state index contributed by atoms with van der Waals surface area (Å²) in [5.74, 6) is -0.598. The van der Waals surface area contributed by atoms with Gasteiger partial charge in [-0.25, -0.2) is 4.79 Å². The smallest absolute Gasteiger partial charge is 0.315 e. The van der Waals surface area contributed by atoms with Crippen LogP contribution in [0, 0.1) is 0 Å². The molecule has 2 amide bonds. The third-order valence-electron chi connectivity index (χ3n) is 2.20. The SMILES string of the molecule is CSCC[C@H](NC(=O)NCc1cccs1)C(=O)[O-]. The van der Waals surface area contributed by atoms with Crippen molar-refractivity contribution in [3.63, 3.8) is 0 Å². The maximum Gasteiger partial charge on any atom is 0.315 e. The van der Waals surface area contributed by atoms with Crippen molar-refractivity contribution in [2.75, 3.05) is 12.0 Å². The van der Waals surface area contributed by atoms with E-state index in [1.807, 2.05) is 23.8 Å². The Hall–Kier alpha value is -1.21. The zero-order valence-electron chi connectivity index (χ0n) is 9.97. The van der Waals surface area contributed by atoms with Crippen molar-refractivity contribution in [2.24, 2.45) is 0 Å². The monoisotopic (exact) mass is 287 g/mol. The van der Waals surface area contributed by atoms with Crippen LogP contribution >= 0.6 is 23.1 Å². The van der Waals surface area contributed by atoms with Crippen molar-refractivity contribution >= 4 is 35.1 Å². The van der Waals surface area contributed by atoms with Gasteiger partial charge in [0.2, 0.25) is 0 Å². The van der Waals surface area contributed by atoms with E-state index in [0.717, 1.165) is 4.88 Å². The van der Waals surface area contributed by atoms with Crippen LogP contribution in [0.5, 0.6) is 0 Å². The maximum absolute atomic E-state index is 11.5. The number of urea groups is 1. The molecule has 1 aromatic rings. The van der Waals surface area contributed by atoms with Gasteiger partial charge >= 0.3 is 6.03 Å². The fourth-order valence-corrected chi connectivity index (χ4v) is 2.39. The first kappa shape index (κ1) is 14.8. The zero-order chi connectivity index (χ0) is 13.4. The summed E-state index contributed by atoms with van der Waals surface area (Å²) in [5.41, 5.74) is 0. The molecule has 0 saturated heterocycles. The largest absolute Gasteiger partial charge is 0.548 e. The van der Waals surface area contributed by atoms with Crippen LogP contribution in [0.3, 0.4) is 0 Å². The van der Waals surface area contributed by atoms with Gasteiger partial charge in [-0.2, -0.15) is 11.8 Å². The van der Waals surface area contributed by atoms with Crippen molar-refractivity contribution in [3.05, 3.63) is 22.4 Å². The Labute approximate surface area is 114 Å². The van der Waals surface area contributed by atoms with Gasteiger partial charge in [0.05, 0.1) is 18.6 Å². The van der Waals surface area contributed by atoms with Gasteiger partial charge in [-0.05, 0) is 29.9 Å². The highest BCUT2D eigenvalue weighted by Gasteiger charge is 2.12. The third-order valence-corrected chi connectivity index (χ3v) is 3.72. The van der Waals surface area contributed by atoms with E-state index in [1.54, 1.807) is 0 Å². The van der Waals surface area contributed by atoms with Crippen LogP contribution in [0.15, 0.2) is 17.5 Å². The molecule has 7 heteroatoms. The van der Waals surface area contributed by atoms with Crippen LogP contribution < -0.4 is 15.7 Å². The summed E-state index contributed by atoms with van der Waals surface area (Å²) in [6.07, 6.45) is 2.24. The van der Waals surface area contributed by atoms with Crippen molar-refractivity contribution in [2.45, 2.75) is 19.0 Å². The predicted octanol–water partition coefficient (Wildman–Crippen LogP) is 0.419. The maximum atomic E-state index is 11.5. The molecule has 0 spiro atoms. The Morgan fingerprint density at radius 2 is 2.33 bits per heavy atom. The minimum absolute atomic E-state index is 0.357. The average molecular weight is 287 g/mol. The second-order valence-electron chi connectivity index (χ2n) is 3.56. The van der Waals surface area contributed by atoms with Gasteiger partial charge in [-0.3, -0.25) is 0 Å². The summed E-state index contributed by atoms with van der Waals surface area (Å²) in [4.78, 5) is 23.3. The van der Waals surface area contributed by atoms with Gasteiger partial charge in [0, 0.05) is 4.88 Å². The molecule has 0 aliphatic rings. The number of carboxylic acid groups (broad SMARTS) is 1. The first-order valence-electron chi connectivity index (χ1n) is 5.40. The second-order valence-corrected chi connectivity index (χ2v) is 5.58. The average Bonchev–Trinajstić information content (AvgIpc) is 2.84. The van der Waals surface area contributed by atoms with Gasteiger partial charge in [0.1, 0.15) is 0 Å². The van der Waals surface area contributed by atoms with Gasteiger partial charge in [-0.15, -0.1) is 11.3 Å². The van der Waals surface area contributed by atoms with E-state index in [4.69, 9.17) is 0 Å². The fourth-order valence-electron chi connectivity index (χ4n) is 1.27.